The summed E-state index contributed by atoms with van der Waals surface area (Å²) in [7, 11) is 0. The summed E-state index contributed by atoms with van der Waals surface area (Å²) < 4.78 is 41.3. The van der Waals surface area contributed by atoms with Crippen molar-refractivity contribution in [1.82, 2.24) is 19.9 Å². The third-order valence-electron chi connectivity index (χ3n) is 8.31. The first kappa shape index (κ1) is 33.5. The Kier molecular flexibility index (Phi) is 10.1. The summed E-state index contributed by atoms with van der Waals surface area (Å²) in [6.45, 7) is 9.29. The highest BCUT2D eigenvalue weighted by molar-refractivity contribution is 7.12. The number of anilines is 1. The molecule has 3 aromatic rings. The summed E-state index contributed by atoms with van der Waals surface area (Å²) in [5.41, 5.74) is 0.641. The number of carboxylic acids is 1. The van der Waals surface area contributed by atoms with Gasteiger partial charge >= 0.3 is 12.1 Å². The van der Waals surface area contributed by atoms with E-state index in [9.17, 15) is 27.9 Å². The number of rotatable bonds is 8. The van der Waals surface area contributed by atoms with Crippen molar-refractivity contribution in [3.05, 3.63) is 57.3 Å². The number of Topliss-reactive ketones (excluding diaryl/α,β-unsaturated/α-hetero) is 1. The van der Waals surface area contributed by atoms with Gasteiger partial charge in [0.1, 0.15) is 16.5 Å². The number of ketones is 1. The molecule has 1 N–H and O–H groups in total. The Bertz CT molecular complexity index is 1480. The summed E-state index contributed by atoms with van der Waals surface area (Å²) in [6.07, 6.45) is 1.62. The number of carbonyl (C=O) groups excluding carboxylic acids is 1. The van der Waals surface area contributed by atoms with Gasteiger partial charge < -0.3 is 10.0 Å². The van der Waals surface area contributed by atoms with Crippen molar-refractivity contribution in [2.75, 3.05) is 31.1 Å². The van der Waals surface area contributed by atoms with Crippen LogP contribution in [0.15, 0.2) is 30.6 Å². The summed E-state index contributed by atoms with van der Waals surface area (Å²) in [5.74, 6) is -0.847. The van der Waals surface area contributed by atoms with Gasteiger partial charge in [0, 0.05) is 36.6 Å². The lowest BCUT2D eigenvalue weighted by molar-refractivity contribution is -0.142. The molecule has 238 valence electrons. The molecular formula is C32H40F3N5O3S. The number of carbonyl (C=O) groups is 2. The number of benzene rings is 1. The zero-order valence-electron chi connectivity index (χ0n) is 24.6. The normalized spacial score (nSPS) is 17.7. The number of carboxylic acid groups (broad SMARTS) is 1. The number of halogens is 3. The maximum atomic E-state index is 13.8. The van der Waals surface area contributed by atoms with Gasteiger partial charge in [0.25, 0.3) is 0 Å². The van der Waals surface area contributed by atoms with E-state index in [2.05, 4.69) is 28.7 Å². The number of aryl methyl sites for hydroxylation is 1. The van der Waals surface area contributed by atoms with Gasteiger partial charge in [-0.1, -0.05) is 33.4 Å². The molecule has 0 unspecified atom stereocenters. The molecule has 0 radical (unpaired) electrons. The summed E-state index contributed by atoms with van der Waals surface area (Å²) in [5, 5.41) is 9.74. The minimum atomic E-state index is -4.48. The first-order chi connectivity index (χ1) is 20.3. The van der Waals surface area contributed by atoms with E-state index in [1.807, 2.05) is 4.90 Å². The molecule has 2 fully saturated rings. The average Bonchev–Trinajstić information content (AvgIpc) is 3.33. The Balaban J connectivity index is 0.00000442. The molecule has 2 aliphatic rings. The Morgan fingerprint density at radius 3 is 2.45 bits per heavy atom. The Morgan fingerprint density at radius 1 is 1.11 bits per heavy atom. The molecule has 1 aromatic carbocycles. The largest absolute Gasteiger partial charge is 0.481 e. The van der Waals surface area contributed by atoms with E-state index < -0.39 is 17.7 Å². The van der Waals surface area contributed by atoms with Crippen molar-refractivity contribution in [2.24, 2.45) is 11.3 Å². The lowest BCUT2D eigenvalue weighted by Gasteiger charge is -2.37. The van der Waals surface area contributed by atoms with Crippen molar-refractivity contribution in [2.45, 2.75) is 73.0 Å². The Morgan fingerprint density at radius 2 is 1.84 bits per heavy atom. The van der Waals surface area contributed by atoms with Crippen LogP contribution in [0.25, 0.3) is 11.3 Å². The molecule has 12 heteroatoms. The second-order valence-corrected chi connectivity index (χ2v) is 13.5. The number of hydrogen-bond donors (Lipinski definition) is 1. The molecule has 4 heterocycles. The number of aliphatic carboxylic acids is 1. The topological polar surface area (TPSA) is 99.5 Å². The van der Waals surface area contributed by atoms with E-state index in [1.165, 1.54) is 36.7 Å². The molecule has 0 bridgehead atoms. The third-order valence-corrected chi connectivity index (χ3v) is 9.35. The lowest BCUT2D eigenvalue weighted by atomic mass is 9.84. The Hall–Kier alpha value is -3.38. The van der Waals surface area contributed by atoms with Crippen LogP contribution in [0.3, 0.4) is 0 Å². The van der Waals surface area contributed by atoms with Crippen LogP contribution >= 0.6 is 11.3 Å². The van der Waals surface area contributed by atoms with E-state index in [0.717, 1.165) is 36.9 Å². The molecule has 8 nitrogen and oxygen atoms in total. The SMILES string of the molecule is C.Cc1ccc(-c2nc(CC(=O)c3cnc(N4CCC(C(=O)O)CC4)cn3)sc2CN2CCCC(C)(C)C2)cc1C(F)(F)F. The fourth-order valence-corrected chi connectivity index (χ4v) is 7.11. The number of hydrogen-bond acceptors (Lipinski definition) is 8. The van der Waals surface area contributed by atoms with Crippen molar-refractivity contribution in [1.29, 1.82) is 0 Å². The van der Waals surface area contributed by atoms with Crippen LogP contribution < -0.4 is 4.90 Å². The zero-order chi connectivity index (χ0) is 30.9. The van der Waals surface area contributed by atoms with Gasteiger partial charge in [-0.05, 0) is 56.2 Å². The fraction of sp³-hybridized carbons (Fsp3) is 0.531. The smallest absolute Gasteiger partial charge is 0.416 e. The molecule has 0 spiro atoms. The minimum Gasteiger partial charge on any atom is -0.481 e. The summed E-state index contributed by atoms with van der Waals surface area (Å²) in [4.78, 5) is 43.0. The number of piperidine rings is 2. The number of likely N-dealkylation sites (tertiary alicyclic amines) is 1. The highest BCUT2D eigenvalue weighted by Crippen LogP contribution is 2.38. The molecule has 0 saturated carbocycles. The second-order valence-electron chi connectivity index (χ2n) is 12.3. The predicted molar refractivity (Wildman–Crippen MR) is 165 cm³/mol. The molecule has 5 rings (SSSR count). The van der Waals surface area contributed by atoms with Crippen molar-refractivity contribution < 1.29 is 27.9 Å². The van der Waals surface area contributed by atoms with Gasteiger partial charge in [0.15, 0.2) is 5.78 Å². The molecule has 44 heavy (non-hydrogen) atoms. The van der Waals surface area contributed by atoms with Crippen LogP contribution in [0.5, 0.6) is 0 Å². The number of thiazole rings is 1. The molecule has 2 saturated heterocycles. The van der Waals surface area contributed by atoms with Crippen LogP contribution in [0.1, 0.15) is 78.5 Å². The van der Waals surface area contributed by atoms with Gasteiger partial charge in [-0.15, -0.1) is 11.3 Å². The van der Waals surface area contributed by atoms with Crippen LogP contribution in [0.4, 0.5) is 19.0 Å². The maximum absolute atomic E-state index is 13.8. The molecule has 0 aliphatic carbocycles. The monoisotopic (exact) mass is 631 g/mol. The summed E-state index contributed by atoms with van der Waals surface area (Å²) >= 11 is 1.36. The van der Waals surface area contributed by atoms with Gasteiger partial charge in [0.2, 0.25) is 0 Å². The summed E-state index contributed by atoms with van der Waals surface area (Å²) in [6, 6.07) is 4.29. The highest BCUT2D eigenvalue weighted by Gasteiger charge is 2.33. The maximum Gasteiger partial charge on any atom is 0.416 e. The molecule has 2 aromatic heterocycles. The number of aromatic nitrogens is 3. The van der Waals surface area contributed by atoms with E-state index in [-0.39, 0.29) is 42.2 Å². The predicted octanol–water partition coefficient (Wildman–Crippen LogP) is 6.91. The zero-order valence-corrected chi connectivity index (χ0v) is 25.4. The second kappa shape index (κ2) is 13.3. The van der Waals surface area contributed by atoms with Crippen LogP contribution in [-0.2, 0) is 23.9 Å². The number of nitrogens with zero attached hydrogens (tertiary/aromatic N) is 5. The van der Waals surface area contributed by atoms with Crippen LogP contribution in [0, 0.1) is 18.3 Å². The molecule has 2 aliphatic heterocycles. The quantitative estimate of drug-likeness (QED) is 0.268. The van der Waals surface area contributed by atoms with E-state index in [1.54, 1.807) is 6.07 Å². The first-order valence-electron chi connectivity index (χ1n) is 14.5. The average molecular weight is 632 g/mol. The van der Waals surface area contributed by atoms with Crippen LogP contribution in [-0.4, -0.2) is 62.9 Å². The Labute approximate surface area is 260 Å². The number of alkyl halides is 3. The van der Waals surface area contributed by atoms with Gasteiger partial charge in [-0.3, -0.25) is 14.5 Å². The van der Waals surface area contributed by atoms with E-state index in [4.69, 9.17) is 4.98 Å². The van der Waals surface area contributed by atoms with E-state index in [0.29, 0.717) is 54.6 Å². The van der Waals surface area contributed by atoms with Crippen molar-refractivity contribution in [3.63, 3.8) is 0 Å². The third kappa shape index (κ3) is 7.82. The van der Waals surface area contributed by atoms with Crippen molar-refractivity contribution in [3.8, 4) is 11.3 Å². The van der Waals surface area contributed by atoms with Crippen LogP contribution in [0.2, 0.25) is 0 Å². The fourth-order valence-electron chi connectivity index (χ4n) is 5.98. The molecule has 0 amide bonds. The van der Waals surface area contributed by atoms with Gasteiger partial charge in [0.05, 0.1) is 36.0 Å². The van der Waals surface area contributed by atoms with Crippen molar-refractivity contribution >= 4 is 28.9 Å². The minimum absolute atomic E-state index is 0. The lowest BCUT2D eigenvalue weighted by Crippen LogP contribution is -2.39. The first-order valence-corrected chi connectivity index (χ1v) is 15.3. The highest BCUT2D eigenvalue weighted by atomic mass is 32.1. The van der Waals surface area contributed by atoms with Gasteiger partial charge in [-0.2, -0.15) is 13.2 Å². The molecular weight excluding hydrogens is 591 g/mol. The van der Waals surface area contributed by atoms with Gasteiger partial charge in [-0.25, -0.2) is 15.0 Å². The molecule has 0 atom stereocenters. The standard InChI is InChI=1S/C31H36F3N5O3S.CH4/c1-19-5-6-21(13-22(19)31(32,33)34)28-25(17-38-10-4-9-30(2,3)18-38)43-27(37-28)14-24(40)23-15-36-26(16-35-23)39-11-7-20(8-12-39)29(41)42;/h5-6,13,15-16,20H,4,7-12,14,17-18H2,1-3H3,(H,41,42);1H4. The van der Waals surface area contributed by atoms with E-state index >= 15 is 0 Å².